The van der Waals surface area contributed by atoms with Gasteiger partial charge in [0.25, 0.3) is 0 Å². The summed E-state index contributed by atoms with van der Waals surface area (Å²) >= 11 is 5.67. The first-order valence-corrected chi connectivity index (χ1v) is 4.85. The molecule has 0 aromatic heterocycles. The summed E-state index contributed by atoms with van der Waals surface area (Å²) in [6.07, 6.45) is 0.839. The Balaban J connectivity index is 2.44. The lowest BCUT2D eigenvalue weighted by atomic mass is 9.95. The molecule has 3 heteroatoms. The minimum Gasteiger partial charge on any atom is -0.205 e. The fourth-order valence-corrected chi connectivity index (χ4v) is 2.00. The second kappa shape index (κ2) is 2.96. The Morgan fingerprint density at radius 1 is 1.64 bits per heavy atom. The van der Waals surface area contributed by atoms with Crippen molar-refractivity contribution in [3.05, 3.63) is 34.6 Å². The van der Waals surface area contributed by atoms with Gasteiger partial charge >= 0.3 is 0 Å². The Bertz CT molecular complexity index is 424. The Morgan fingerprint density at radius 3 is 2.71 bits per heavy atom. The van der Waals surface area contributed by atoms with E-state index in [0.29, 0.717) is 5.92 Å². The Kier molecular flexibility index (Phi) is 2.01. The molecule has 0 spiro atoms. The maximum absolute atomic E-state index is 12.9. The monoisotopic (exact) mass is 209 g/mol. The quantitative estimate of drug-likeness (QED) is 0.697. The molecule has 72 valence electrons. The molecule has 1 nitrogen and oxygen atoms in total. The molecule has 14 heavy (non-hydrogen) atoms. The topological polar surface area (TPSA) is 23.8 Å². The maximum Gasteiger partial charge on any atom is 0.141 e. The molecule has 1 aliphatic carbocycles. The maximum atomic E-state index is 12.9. The average molecular weight is 210 g/mol. The van der Waals surface area contributed by atoms with E-state index < -0.39 is 11.2 Å². The highest BCUT2D eigenvalue weighted by Crippen LogP contribution is 2.53. The molecule has 0 aliphatic heterocycles. The van der Waals surface area contributed by atoms with Crippen LogP contribution in [0.1, 0.15) is 18.9 Å². The van der Waals surface area contributed by atoms with Crippen LogP contribution in [-0.2, 0) is 5.41 Å². The highest BCUT2D eigenvalue weighted by atomic mass is 35.5. The summed E-state index contributed by atoms with van der Waals surface area (Å²) in [5.74, 6) is -0.0918. The fourth-order valence-electron chi connectivity index (χ4n) is 1.82. The summed E-state index contributed by atoms with van der Waals surface area (Å²) in [6.45, 7) is 2.01. The van der Waals surface area contributed by atoms with Crippen molar-refractivity contribution in [2.75, 3.05) is 0 Å². The van der Waals surface area contributed by atoms with E-state index in [9.17, 15) is 4.39 Å². The smallest absolute Gasteiger partial charge is 0.141 e. The lowest BCUT2D eigenvalue weighted by Crippen LogP contribution is -2.05. The van der Waals surface area contributed by atoms with Crippen LogP contribution in [-0.4, -0.2) is 0 Å². The Hall–Kier alpha value is -1.07. The number of nitrogens with zero attached hydrogens (tertiary/aromatic N) is 1. The van der Waals surface area contributed by atoms with Crippen molar-refractivity contribution in [3.63, 3.8) is 0 Å². The third kappa shape index (κ3) is 1.20. The number of rotatable bonds is 1. The van der Waals surface area contributed by atoms with Gasteiger partial charge in [0.2, 0.25) is 0 Å². The molecule has 0 heterocycles. The van der Waals surface area contributed by atoms with Gasteiger partial charge in [0.15, 0.2) is 0 Å². The molecule has 1 aliphatic rings. The Labute approximate surface area is 87.1 Å². The zero-order chi connectivity index (χ0) is 10.3. The first kappa shape index (κ1) is 9.48. The first-order valence-electron chi connectivity index (χ1n) is 4.47. The largest absolute Gasteiger partial charge is 0.205 e. The van der Waals surface area contributed by atoms with Crippen LogP contribution in [0, 0.1) is 23.1 Å². The van der Waals surface area contributed by atoms with Gasteiger partial charge in [-0.3, -0.25) is 0 Å². The third-order valence-electron chi connectivity index (χ3n) is 2.94. The van der Waals surface area contributed by atoms with E-state index in [2.05, 4.69) is 6.07 Å². The van der Waals surface area contributed by atoms with E-state index in [1.165, 1.54) is 6.07 Å². The van der Waals surface area contributed by atoms with Gasteiger partial charge in [0.05, 0.1) is 16.5 Å². The summed E-state index contributed by atoms with van der Waals surface area (Å²) in [7, 11) is 0. The van der Waals surface area contributed by atoms with Crippen LogP contribution in [0.15, 0.2) is 18.2 Å². The molecular weight excluding hydrogens is 201 g/mol. The molecule has 0 saturated heterocycles. The minimum absolute atomic E-state index is 0.0937. The SMILES string of the molecule is C[C@H]1CC1(C#N)c1ccc(F)c(Cl)c1. The van der Waals surface area contributed by atoms with Crippen LogP contribution in [0.25, 0.3) is 0 Å². The summed E-state index contributed by atoms with van der Waals surface area (Å²) in [6, 6.07) is 6.81. The van der Waals surface area contributed by atoms with E-state index >= 15 is 0 Å². The molecule has 0 N–H and O–H groups in total. The molecule has 1 saturated carbocycles. The molecule has 1 aromatic carbocycles. The van der Waals surface area contributed by atoms with E-state index in [1.807, 2.05) is 6.92 Å². The fraction of sp³-hybridized carbons (Fsp3) is 0.364. The molecule has 2 atom stereocenters. The van der Waals surface area contributed by atoms with Crippen LogP contribution < -0.4 is 0 Å². The van der Waals surface area contributed by atoms with Gasteiger partial charge in [-0.15, -0.1) is 0 Å². The number of nitriles is 1. The predicted octanol–water partition coefficient (Wildman–Crippen LogP) is 3.28. The summed E-state index contributed by atoms with van der Waals surface area (Å²) in [5, 5.41) is 9.15. The highest BCUT2D eigenvalue weighted by molar-refractivity contribution is 6.30. The molecule has 0 radical (unpaired) electrons. The van der Waals surface area contributed by atoms with E-state index in [4.69, 9.17) is 16.9 Å². The van der Waals surface area contributed by atoms with E-state index in [1.54, 1.807) is 12.1 Å². The van der Waals surface area contributed by atoms with Crippen molar-refractivity contribution in [1.82, 2.24) is 0 Å². The van der Waals surface area contributed by atoms with Crippen LogP contribution in [0.3, 0.4) is 0 Å². The predicted molar refractivity (Wildman–Crippen MR) is 52.5 cm³/mol. The number of benzene rings is 1. The molecule has 1 fully saturated rings. The van der Waals surface area contributed by atoms with Crippen molar-refractivity contribution in [3.8, 4) is 6.07 Å². The van der Waals surface area contributed by atoms with Gasteiger partial charge < -0.3 is 0 Å². The van der Waals surface area contributed by atoms with E-state index in [-0.39, 0.29) is 5.02 Å². The average Bonchev–Trinajstić information content (AvgIpc) is 2.83. The van der Waals surface area contributed by atoms with Gasteiger partial charge in [0.1, 0.15) is 5.82 Å². The van der Waals surface area contributed by atoms with Crippen molar-refractivity contribution >= 4 is 11.6 Å². The van der Waals surface area contributed by atoms with Crippen molar-refractivity contribution < 1.29 is 4.39 Å². The first-order chi connectivity index (χ1) is 6.60. The molecule has 1 unspecified atom stereocenters. The highest BCUT2D eigenvalue weighted by Gasteiger charge is 2.53. The van der Waals surface area contributed by atoms with Crippen LogP contribution >= 0.6 is 11.6 Å². The van der Waals surface area contributed by atoms with Gasteiger partial charge in [-0.1, -0.05) is 24.6 Å². The Morgan fingerprint density at radius 2 is 2.29 bits per heavy atom. The van der Waals surface area contributed by atoms with Crippen LogP contribution in [0.2, 0.25) is 5.02 Å². The molecule has 0 amide bonds. The minimum atomic E-state index is -0.434. The van der Waals surface area contributed by atoms with Crippen LogP contribution in [0.5, 0.6) is 0 Å². The summed E-state index contributed by atoms with van der Waals surface area (Å²) in [4.78, 5) is 0. The summed E-state index contributed by atoms with van der Waals surface area (Å²) in [5.41, 5.74) is 0.413. The lowest BCUT2D eigenvalue weighted by Gasteiger charge is -2.07. The zero-order valence-electron chi connectivity index (χ0n) is 7.72. The van der Waals surface area contributed by atoms with Crippen molar-refractivity contribution in [1.29, 1.82) is 5.26 Å². The molecule has 2 rings (SSSR count). The van der Waals surface area contributed by atoms with Gasteiger partial charge in [-0.2, -0.15) is 5.26 Å². The molecule has 0 bridgehead atoms. The van der Waals surface area contributed by atoms with Gasteiger partial charge in [-0.25, -0.2) is 4.39 Å². The third-order valence-corrected chi connectivity index (χ3v) is 3.23. The molecule has 1 aromatic rings. The van der Waals surface area contributed by atoms with E-state index in [0.717, 1.165) is 12.0 Å². The van der Waals surface area contributed by atoms with Crippen molar-refractivity contribution in [2.24, 2.45) is 5.92 Å². The lowest BCUT2D eigenvalue weighted by molar-refractivity contribution is 0.626. The number of hydrogen-bond acceptors (Lipinski definition) is 1. The molecular formula is C11H9ClFN. The standard InChI is InChI=1S/C11H9ClFN/c1-7-5-11(7,6-14)8-2-3-10(13)9(12)4-8/h2-4,7H,5H2,1H3/t7-,11?/m0/s1. The number of hydrogen-bond donors (Lipinski definition) is 0. The zero-order valence-corrected chi connectivity index (χ0v) is 8.48. The van der Waals surface area contributed by atoms with Gasteiger partial charge in [-0.05, 0) is 30.0 Å². The second-order valence-corrected chi connectivity index (χ2v) is 4.22. The summed E-state index contributed by atoms with van der Waals surface area (Å²) < 4.78 is 12.9. The normalized spacial score (nSPS) is 29.7. The second-order valence-electron chi connectivity index (χ2n) is 3.82. The van der Waals surface area contributed by atoms with Crippen molar-refractivity contribution in [2.45, 2.75) is 18.8 Å². The number of halogens is 2. The van der Waals surface area contributed by atoms with Crippen LogP contribution in [0.4, 0.5) is 4.39 Å². The van der Waals surface area contributed by atoms with Gasteiger partial charge in [0, 0.05) is 0 Å².